The van der Waals surface area contributed by atoms with E-state index in [0.29, 0.717) is 30.1 Å². The van der Waals surface area contributed by atoms with Gasteiger partial charge in [-0.25, -0.2) is 13.2 Å². The van der Waals surface area contributed by atoms with Crippen LogP contribution in [0.15, 0.2) is 47.4 Å². The molecule has 138 valence electrons. The van der Waals surface area contributed by atoms with Gasteiger partial charge in [0.25, 0.3) is 10.0 Å². The molecule has 0 spiro atoms. The summed E-state index contributed by atoms with van der Waals surface area (Å²) in [5.74, 6) is 0.599. The Balaban J connectivity index is 1.94. The Morgan fingerprint density at radius 1 is 1.12 bits per heavy atom. The minimum Gasteiger partial charge on any atom is -0.497 e. The van der Waals surface area contributed by atoms with Gasteiger partial charge in [0.15, 0.2) is 0 Å². The van der Waals surface area contributed by atoms with Crippen LogP contribution in [0.1, 0.15) is 12.0 Å². The van der Waals surface area contributed by atoms with Crippen molar-refractivity contribution in [2.45, 2.75) is 17.7 Å². The van der Waals surface area contributed by atoms with Crippen molar-refractivity contribution in [2.75, 3.05) is 30.4 Å². The highest BCUT2D eigenvalue weighted by Crippen LogP contribution is 2.34. The number of sulfonamides is 1. The number of carbonyl (C=O) groups is 1. The summed E-state index contributed by atoms with van der Waals surface area (Å²) >= 11 is 0. The molecule has 2 aromatic carbocycles. The fraction of sp³-hybridized carbons (Fsp3) is 0.278. The Morgan fingerprint density at radius 2 is 1.85 bits per heavy atom. The average molecular weight is 376 g/mol. The summed E-state index contributed by atoms with van der Waals surface area (Å²) < 4.78 is 37.2. The zero-order valence-electron chi connectivity index (χ0n) is 14.6. The first-order valence-electron chi connectivity index (χ1n) is 8.10. The number of nitrogens with one attached hydrogen (secondary N) is 1. The van der Waals surface area contributed by atoms with Gasteiger partial charge < -0.3 is 9.47 Å². The number of aryl methyl sites for hydroxylation is 1. The molecule has 0 fully saturated rings. The molecule has 0 unspecified atom stereocenters. The Kier molecular flexibility index (Phi) is 5.03. The molecule has 8 heteroatoms. The first-order chi connectivity index (χ1) is 12.5. The van der Waals surface area contributed by atoms with Gasteiger partial charge in [-0.15, -0.1) is 0 Å². The minimum atomic E-state index is -3.68. The SMILES string of the molecule is COC(=O)Nc1ccc2c(c1)CCCN2S(=O)(=O)c1ccc(OC)cc1. The van der Waals surface area contributed by atoms with Crippen LogP contribution in [0.2, 0.25) is 0 Å². The molecule has 1 N–H and O–H groups in total. The topological polar surface area (TPSA) is 84.9 Å². The molecule has 1 aliphatic rings. The Bertz CT molecular complexity index is 910. The molecule has 0 saturated carbocycles. The molecular formula is C18H20N2O5S. The van der Waals surface area contributed by atoms with E-state index in [1.54, 1.807) is 30.3 Å². The van der Waals surface area contributed by atoms with Crippen LogP contribution in [-0.2, 0) is 21.2 Å². The van der Waals surface area contributed by atoms with Crippen LogP contribution in [0.5, 0.6) is 5.75 Å². The molecule has 2 aromatic rings. The standard InChI is InChI=1S/C18H20N2O5S/c1-24-15-6-8-16(9-7-15)26(22,23)20-11-3-4-13-12-14(5-10-17(13)20)19-18(21)25-2/h5-10,12H,3-4,11H2,1-2H3,(H,19,21). The molecule has 0 aliphatic carbocycles. The number of methoxy groups -OCH3 is 2. The molecule has 3 rings (SSSR count). The first kappa shape index (κ1) is 18.1. The van der Waals surface area contributed by atoms with E-state index in [0.717, 1.165) is 12.0 Å². The number of rotatable bonds is 4. The number of hydrogen-bond acceptors (Lipinski definition) is 5. The average Bonchev–Trinajstić information content (AvgIpc) is 2.67. The second-order valence-electron chi connectivity index (χ2n) is 5.82. The van der Waals surface area contributed by atoms with Crippen LogP contribution < -0.4 is 14.4 Å². The predicted octanol–water partition coefficient (Wildman–Crippen LogP) is 3.02. The second kappa shape index (κ2) is 7.25. The minimum absolute atomic E-state index is 0.211. The lowest BCUT2D eigenvalue weighted by atomic mass is 10.0. The number of ether oxygens (including phenoxy) is 2. The molecule has 7 nitrogen and oxygen atoms in total. The summed E-state index contributed by atoms with van der Waals surface area (Å²) in [5, 5.41) is 2.60. The van der Waals surface area contributed by atoms with Gasteiger partial charge in [0.05, 0.1) is 24.8 Å². The van der Waals surface area contributed by atoms with Crippen molar-refractivity contribution in [3.05, 3.63) is 48.0 Å². The van der Waals surface area contributed by atoms with Crippen molar-refractivity contribution in [2.24, 2.45) is 0 Å². The largest absolute Gasteiger partial charge is 0.497 e. The molecule has 0 radical (unpaired) electrons. The highest BCUT2D eigenvalue weighted by atomic mass is 32.2. The lowest BCUT2D eigenvalue weighted by molar-refractivity contribution is 0.187. The van der Waals surface area contributed by atoms with E-state index in [2.05, 4.69) is 10.1 Å². The Morgan fingerprint density at radius 3 is 2.50 bits per heavy atom. The third-order valence-corrected chi connectivity index (χ3v) is 6.06. The smallest absolute Gasteiger partial charge is 0.411 e. The van der Waals surface area contributed by atoms with Crippen LogP contribution in [0, 0.1) is 0 Å². The van der Waals surface area contributed by atoms with E-state index >= 15 is 0 Å². The molecule has 0 aromatic heterocycles. The quantitative estimate of drug-likeness (QED) is 0.887. The summed E-state index contributed by atoms with van der Waals surface area (Å²) in [6.07, 6.45) is 0.869. The maximum absolute atomic E-state index is 13.1. The van der Waals surface area contributed by atoms with Crippen molar-refractivity contribution in [3.8, 4) is 5.75 Å². The van der Waals surface area contributed by atoms with Gasteiger partial charge in [-0.05, 0) is 60.9 Å². The fourth-order valence-electron chi connectivity index (χ4n) is 2.93. The summed E-state index contributed by atoms with van der Waals surface area (Å²) in [6, 6.07) is 11.5. The van der Waals surface area contributed by atoms with Crippen LogP contribution in [0.3, 0.4) is 0 Å². The number of amides is 1. The summed E-state index contributed by atoms with van der Waals surface area (Å²) in [4.78, 5) is 11.6. The van der Waals surface area contributed by atoms with Crippen LogP contribution in [-0.4, -0.2) is 35.3 Å². The highest BCUT2D eigenvalue weighted by molar-refractivity contribution is 7.92. The first-order valence-corrected chi connectivity index (χ1v) is 9.54. The van der Waals surface area contributed by atoms with Crippen molar-refractivity contribution in [3.63, 3.8) is 0 Å². The summed E-state index contributed by atoms with van der Waals surface area (Å²) in [5.41, 5.74) is 2.06. The lowest BCUT2D eigenvalue weighted by Crippen LogP contribution is -2.35. The monoisotopic (exact) mass is 376 g/mol. The van der Waals surface area contributed by atoms with Crippen molar-refractivity contribution >= 4 is 27.5 Å². The van der Waals surface area contributed by atoms with Gasteiger partial charge in [-0.2, -0.15) is 0 Å². The Labute approximate surface area is 152 Å². The van der Waals surface area contributed by atoms with Gasteiger partial charge >= 0.3 is 6.09 Å². The van der Waals surface area contributed by atoms with E-state index in [1.807, 2.05) is 0 Å². The zero-order chi connectivity index (χ0) is 18.7. The van der Waals surface area contributed by atoms with Gasteiger partial charge in [0.2, 0.25) is 0 Å². The third kappa shape index (κ3) is 3.45. The molecule has 1 amide bonds. The van der Waals surface area contributed by atoms with E-state index in [1.165, 1.54) is 30.7 Å². The summed E-state index contributed by atoms with van der Waals surface area (Å²) in [7, 11) is -0.855. The van der Waals surface area contributed by atoms with E-state index in [9.17, 15) is 13.2 Å². The van der Waals surface area contributed by atoms with E-state index < -0.39 is 16.1 Å². The predicted molar refractivity (Wildman–Crippen MR) is 98.3 cm³/mol. The van der Waals surface area contributed by atoms with Crippen LogP contribution in [0.4, 0.5) is 16.2 Å². The molecule has 1 aliphatic heterocycles. The maximum atomic E-state index is 13.1. The molecule has 0 bridgehead atoms. The Hall–Kier alpha value is -2.74. The van der Waals surface area contributed by atoms with Crippen LogP contribution in [0.25, 0.3) is 0 Å². The van der Waals surface area contributed by atoms with Gasteiger partial charge in [-0.3, -0.25) is 9.62 Å². The molecule has 0 atom stereocenters. The maximum Gasteiger partial charge on any atom is 0.411 e. The molecule has 1 heterocycles. The van der Waals surface area contributed by atoms with E-state index in [4.69, 9.17) is 4.74 Å². The fourth-order valence-corrected chi connectivity index (χ4v) is 4.47. The number of hydrogen-bond donors (Lipinski definition) is 1. The van der Waals surface area contributed by atoms with Gasteiger partial charge in [0.1, 0.15) is 5.75 Å². The van der Waals surface area contributed by atoms with Gasteiger partial charge in [0, 0.05) is 12.2 Å². The van der Waals surface area contributed by atoms with Crippen LogP contribution >= 0.6 is 0 Å². The van der Waals surface area contributed by atoms with Crippen molar-refractivity contribution in [1.29, 1.82) is 0 Å². The third-order valence-electron chi connectivity index (χ3n) is 4.23. The van der Waals surface area contributed by atoms with Gasteiger partial charge in [-0.1, -0.05) is 0 Å². The van der Waals surface area contributed by atoms with E-state index in [-0.39, 0.29) is 4.90 Å². The van der Waals surface area contributed by atoms with Crippen molar-refractivity contribution < 1.29 is 22.7 Å². The normalized spacial score (nSPS) is 13.7. The molecule has 26 heavy (non-hydrogen) atoms. The summed E-state index contributed by atoms with van der Waals surface area (Å²) in [6.45, 7) is 0.408. The number of carbonyl (C=O) groups excluding carboxylic acids is 1. The number of nitrogens with zero attached hydrogens (tertiary/aromatic N) is 1. The van der Waals surface area contributed by atoms with Crippen molar-refractivity contribution in [1.82, 2.24) is 0 Å². The highest BCUT2D eigenvalue weighted by Gasteiger charge is 2.29. The second-order valence-corrected chi connectivity index (χ2v) is 7.68. The number of fused-ring (bicyclic) bond motifs is 1. The lowest BCUT2D eigenvalue weighted by Gasteiger charge is -2.31. The molecule has 0 saturated heterocycles. The molecular weight excluding hydrogens is 356 g/mol. The number of benzene rings is 2. The number of anilines is 2. The zero-order valence-corrected chi connectivity index (χ0v) is 15.4.